The van der Waals surface area contributed by atoms with Gasteiger partial charge in [-0.2, -0.15) is 0 Å². The van der Waals surface area contributed by atoms with Crippen LogP contribution in [0.25, 0.3) is 0 Å². The Morgan fingerprint density at radius 2 is 1.55 bits per heavy atom. The molecule has 0 bridgehead atoms. The fourth-order valence-electron chi connectivity index (χ4n) is 8.73. The first kappa shape index (κ1) is 30.6. The Hall–Kier alpha value is -0.389. The van der Waals surface area contributed by atoms with E-state index in [9.17, 15) is 9.59 Å². The molecule has 4 aliphatic rings. The summed E-state index contributed by atoms with van der Waals surface area (Å²) in [4.78, 5) is 26.7. The van der Waals surface area contributed by atoms with Crippen molar-refractivity contribution < 1.29 is 22.9 Å². The van der Waals surface area contributed by atoms with Gasteiger partial charge in [0, 0.05) is 24.2 Å². The van der Waals surface area contributed by atoms with Gasteiger partial charge < -0.3 is 13.3 Å². The predicted octanol–water partition coefficient (Wildman–Crippen LogP) is 7.36. The third-order valence-electron chi connectivity index (χ3n) is 10.0. The van der Waals surface area contributed by atoms with Gasteiger partial charge in [-0.1, -0.05) is 19.4 Å². The maximum atomic E-state index is 14.4. The summed E-state index contributed by atoms with van der Waals surface area (Å²) < 4.78 is 21.0. The summed E-state index contributed by atoms with van der Waals surface area (Å²) in [6.07, 6.45) is 7.58. The van der Waals surface area contributed by atoms with E-state index in [0.717, 1.165) is 32.1 Å². The van der Waals surface area contributed by atoms with E-state index in [2.05, 4.69) is 72.8 Å². The van der Waals surface area contributed by atoms with E-state index in [0.29, 0.717) is 37.1 Å². The van der Waals surface area contributed by atoms with Gasteiger partial charge in [0.05, 0.1) is 18.3 Å². The molecule has 7 atom stereocenters. The van der Waals surface area contributed by atoms with Gasteiger partial charge >= 0.3 is 0 Å². The Labute approximate surface area is 235 Å². The Morgan fingerprint density at radius 3 is 2.13 bits per heavy atom. The van der Waals surface area contributed by atoms with E-state index in [1.54, 1.807) is 0 Å². The van der Waals surface area contributed by atoms with Gasteiger partial charge in [-0.3, -0.25) is 9.59 Å². The molecule has 4 rings (SSSR count). The van der Waals surface area contributed by atoms with Gasteiger partial charge in [0.2, 0.25) is 0 Å². The van der Waals surface area contributed by atoms with Crippen LogP contribution in [0.3, 0.4) is 0 Å². The van der Waals surface area contributed by atoms with Crippen LogP contribution in [0, 0.1) is 28.6 Å². The lowest BCUT2D eigenvalue weighted by atomic mass is 9.45. The van der Waals surface area contributed by atoms with Gasteiger partial charge in [-0.25, -0.2) is 0 Å². The zero-order chi connectivity index (χ0) is 28.5. The third-order valence-corrected chi connectivity index (χ3v) is 13.0. The van der Waals surface area contributed by atoms with Crippen molar-refractivity contribution in [2.75, 3.05) is 6.61 Å². The predicted molar refractivity (Wildman–Crippen MR) is 162 cm³/mol. The van der Waals surface area contributed by atoms with Crippen molar-refractivity contribution in [2.45, 2.75) is 129 Å². The smallest absolute Gasteiger partial charge is 0.184 e. The summed E-state index contributed by atoms with van der Waals surface area (Å²) in [5.41, 5.74) is 0.246. The van der Waals surface area contributed by atoms with Crippen molar-refractivity contribution in [1.82, 2.24) is 0 Å². The number of ketones is 2. The standard InChI is InChI=1S/C30H54O5Si3/c1-28-16-14-22(31)18-21(28)12-13-23-24-15-17-30(35-38(9,10)11,29(24,2)19-25(32)27(23)28)26(34-37(6,7)8)20-33-36(3,4)5/h18,23-24,26-27H,12-17,19-20H2,1-11H3/t23-,24-,26?,27+,28-,29-,30-/m0/s1. The Morgan fingerprint density at radius 1 is 0.895 bits per heavy atom. The summed E-state index contributed by atoms with van der Waals surface area (Å²) in [7, 11) is -5.75. The molecule has 3 saturated carbocycles. The Kier molecular flexibility index (Phi) is 7.93. The number of Topliss-reactive ketones (excluding diaryl/α,β-unsaturated/α-hetero) is 1. The zero-order valence-electron chi connectivity index (χ0n) is 26.1. The highest BCUT2D eigenvalue weighted by Crippen LogP contribution is 2.68. The molecule has 4 aliphatic carbocycles. The highest BCUT2D eigenvalue weighted by Gasteiger charge is 2.70. The lowest BCUT2D eigenvalue weighted by Gasteiger charge is -2.61. The van der Waals surface area contributed by atoms with E-state index >= 15 is 0 Å². The minimum Gasteiger partial charge on any atom is -0.415 e. The Balaban J connectivity index is 1.79. The zero-order valence-corrected chi connectivity index (χ0v) is 29.1. The second kappa shape index (κ2) is 9.86. The van der Waals surface area contributed by atoms with Gasteiger partial charge in [0.1, 0.15) is 5.78 Å². The van der Waals surface area contributed by atoms with Gasteiger partial charge in [0.15, 0.2) is 30.7 Å². The second-order valence-corrected chi connectivity index (χ2v) is 29.6. The summed E-state index contributed by atoms with van der Waals surface area (Å²) >= 11 is 0. The monoisotopic (exact) mass is 578 g/mol. The molecule has 38 heavy (non-hydrogen) atoms. The van der Waals surface area contributed by atoms with Crippen LogP contribution in [0.15, 0.2) is 11.6 Å². The fraction of sp³-hybridized carbons (Fsp3) is 0.867. The van der Waals surface area contributed by atoms with Crippen LogP contribution in [0.2, 0.25) is 58.9 Å². The average Bonchev–Trinajstić information content (AvgIpc) is 3.01. The fourth-order valence-corrected chi connectivity index (χ4v) is 12.1. The molecular formula is C30H54O5Si3. The van der Waals surface area contributed by atoms with Crippen molar-refractivity contribution in [2.24, 2.45) is 28.6 Å². The third kappa shape index (κ3) is 5.56. The first-order valence-electron chi connectivity index (χ1n) is 15.0. The molecule has 0 amide bonds. The number of carbonyl (C=O) groups excluding carboxylic acids is 2. The van der Waals surface area contributed by atoms with Crippen molar-refractivity contribution in [3.8, 4) is 0 Å². The summed E-state index contributed by atoms with van der Waals surface area (Å²) in [5, 5.41) is 0. The first-order valence-corrected chi connectivity index (χ1v) is 25.2. The van der Waals surface area contributed by atoms with Gasteiger partial charge in [-0.15, -0.1) is 0 Å². The molecule has 216 valence electrons. The van der Waals surface area contributed by atoms with Crippen LogP contribution in [0.1, 0.15) is 58.8 Å². The lowest BCUT2D eigenvalue weighted by Crippen LogP contribution is -2.66. The van der Waals surface area contributed by atoms with E-state index in [4.69, 9.17) is 13.3 Å². The number of hydrogen-bond donors (Lipinski definition) is 0. The minimum atomic E-state index is -2.01. The molecule has 0 aromatic carbocycles. The van der Waals surface area contributed by atoms with Crippen LogP contribution >= 0.6 is 0 Å². The van der Waals surface area contributed by atoms with E-state index in [1.165, 1.54) is 5.57 Å². The topological polar surface area (TPSA) is 61.8 Å². The van der Waals surface area contributed by atoms with Gasteiger partial charge in [-0.05, 0) is 114 Å². The van der Waals surface area contributed by atoms with E-state index in [1.807, 2.05) is 6.08 Å². The van der Waals surface area contributed by atoms with Gasteiger partial charge in [0.25, 0.3) is 0 Å². The van der Waals surface area contributed by atoms with E-state index < -0.39 is 30.6 Å². The molecule has 3 fully saturated rings. The van der Waals surface area contributed by atoms with Crippen molar-refractivity contribution in [3.05, 3.63) is 11.6 Å². The van der Waals surface area contributed by atoms with Crippen molar-refractivity contribution in [1.29, 1.82) is 0 Å². The highest BCUT2D eigenvalue weighted by atomic mass is 28.4. The van der Waals surface area contributed by atoms with Crippen LogP contribution in [-0.4, -0.2) is 54.8 Å². The molecule has 0 spiro atoms. The first-order chi connectivity index (χ1) is 17.2. The molecule has 0 radical (unpaired) electrons. The number of hydrogen-bond acceptors (Lipinski definition) is 5. The molecule has 1 unspecified atom stereocenters. The normalized spacial score (nSPS) is 38.8. The molecule has 0 saturated heterocycles. The quantitative estimate of drug-likeness (QED) is 0.282. The van der Waals surface area contributed by atoms with Crippen LogP contribution in [-0.2, 0) is 22.9 Å². The average molecular weight is 579 g/mol. The SMILES string of the molecule is C[C@]12CCC(=O)C=C1CC[C@@H]1[C@@H]2C(=O)C[C@@]2(C)[C@H]1CC[C@]2(O[Si](C)(C)C)C(CO[Si](C)(C)C)O[Si](C)(C)C. The maximum Gasteiger partial charge on any atom is 0.184 e. The number of rotatable bonds is 8. The van der Waals surface area contributed by atoms with Crippen LogP contribution < -0.4 is 0 Å². The molecule has 5 nitrogen and oxygen atoms in total. The molecular weight excluding hydrogens is 525 g/mol. The highest BCUT2D eigenvalue weighted by molar-refractivity contribution is 6.70. The molecule has 8 heteroatoms. The minimum absolute atomic E-state index is 0.0194. The second-order valence-electron chi connectivity index (χ2n) is 16.2. The number of allylic oxidation sites excluding steroid dienone is 1. The molecule has 0 aliphatic heterocycles. The molecule has 0 heterocycles. The largest absolute Gasteiger partial charge is 0.415 e. The maximum absolute atomic E-state index is 14.4. The van der Waals surface area contributed by atoms with Crippen LogP contribution in [0.5, 0.6) is 0 Å². The lowest BCUT2D eigenvalue weighted by molar-refractivity contribution is -0.176. The van der Waals surface area contributed by atoms with Crippen LogP contribution in [0.4, 0.5) is 0 Å². The van der Waals surface area contributed by atoms with Crippen molar-refractivity contribution in [3.63, 3.8) is 0 Å². The summed E-state index contributed by atoms with van der Waals surface area (Å²) in [5.74, 6) is 1.40. The number of carbonyl (C=O) groups is 2. The Bertz CT molecular complexity index is 989. The molecule has 0 aromatic rings. The van der Waals surface area contributed by atoms with E-state index in [-0.39, 0.29) is 28.6 Å². The molecule has 0 aromatic heterocycles. The molecule has 0 N–H and O–H groups in total. The number of fused-ring (bicyclic) bond motifs is 5. The summed E-state index contributed by atoms with van der Waals surface area (Å²) in [6.45, 7) is 25.5. The van der Waals surface area contributed by atoms with Crippen molar-refractivity contribution >= 4 is 36.5 Å². The summed E-state index contributed by atoms with van der Waals surface area (Å²) in [6, 6.07) is 0.